The summed E-state index contributed by atoms with van der Waals surface area (Å²) < 4.78 is 5.54. The van der Waals surface area contributed by atoms with E-state index in [2.05, 4.69) is 53.3 Å². The molecule has 2 saturated heterocycles. The van der Waals surface area contributed by atoms with Crippen molar-refractivity contribution in [3.05, 3.63) is 126 Å². The number of urea groups is 1. The van der Waals surface area contributed by atoms with Crippen LogP contribution < -0.4 is 31.9 Å². The number of likely N-dealkylation sites (N-methyl/N-ethyl adjacent to an activating group) is 1. The van der Waals surface area contributed by atoms with Gasteiger partial charge in [-0.3, -0.25) is 14.4 Å². The third-order valence-electron chi connectivity index (χ3n) is 11.9. The van der Waals surface area contributed by atoms with Crippen molar-refractivity contribution in [1.82, 2.24) is 41.1 Å². The second-order valence-electron chi connectivity index (χ2n) is 17.1. The first kappa shape index (κ1) is 49.7. The molecule has 4 heterocycles. The number of anilines is 2. The minimum Gasteiger partial charge on any atom is -0.378 e. The minimum atomic E-state index is -0.263. The number of rotatable bonds is 25. The van der Waals surface area contributed by atoms with E-state index in [0.29, 0.717) is 104 Å². The van der Waals surface area contributed by atoms with Gasteiger partial charge in [0.25, 0.3) is 0 Å². The smallest absolute Gasteiger partial charge is 0.314 e. The summed E-state index contributed by atoms with van der Waals surface area (Å²) in [6.45, 7) is 7.55. The second-order valence-corrected chi connectivity index (χ2v) is 18.8. The number of aromatic nitrogens is 3. The van der Waals surface area contributed by atoms with Crippen LogP contribution in [-0.2, 0) is 25.5 Å². The average molecular weight is 962 g/mol. The molecule has 5 aromatic rings. The van der Waals surface area contributed by atoms with E-state index in [1.807, 2.05) is 97.8 Å². The van der Waals surface area contributed by atoms with Crippen LogP contribution in [0.15, 0.2) is 104 Å². The van der Waals surface area contributed by atoms with Crippen LogP contribution in [0.2, 0.25) is 5.02 Å². The number of thioether (sulfide) groups is 1. The molecular weight excluding hydrogens is 900 g/mol. The third-order valence-corrected chi connectivity index (χ3v) is 13.7. The molecule has 2 aliphatic rings. The van der Waals surface area contributed by atoms with Crippen LogP contribution in [-0.4, -0.2) is 114 Å². The molecule has 5 amide bonds. The third kappa shape index (κ3) is 14.9. The highest BCUT2D eigenvalue weighted by Crippen LogP contribution is 2.39. The molecule has 2 aromatic heterocycles. The first-order valence-electron chi connectivity index (χ1n) is 23.2. The Kier molecular flexibility index (Phi) is 18.5. The zero-order valence-electron chi connectivity index (χ0n) is 38.5. The van der Waals surface area contributed by atoms with E-state index < -0.39 is 0 Å². The molecule has 15 nitrogen and oxygen atoms in total. The van der Waals surface area contributed by atoms with Gasteiger partial charge in [0.05, 0.1) is 23.9 Å². The Bertz CT molecular complexity index is 2550. The van der Waals surface area contributed by atoms with Gasteiger partial charge in [0.2, 0.25) is 17.7 Å². The van der Waals surface area contributed by atoms with Crippen molar-refractivity contribution < 1.29 is 23.9 Å². The van der Waals surface area contributed by atoms with E-state index in [1.165, 1.54) is 6.08 Å². The lowest BCUT2D eigenvalue weighted by molar-refractivity contribution is -0.121. The van der Waals surface area contributed by atoms with Crippen molar-refractivity contribution in [1.29, 1.82) is 0 Å². The number of hydrogen-bond donors (Lipinski definition) is 7. The number of ether oxygens (including phenoxy) is 1. The number of carbonyl (C=O) groups excluding carboxylic acids is 4. The molecule has 7 N–H and O–H groups in total. The lowest BCUT2D eigenvalue weighted by Gasteiger charge is -2.17. The van der Waals surface area contributed by atoms with Gasteiger partial charge in [0.15, 0.2) is 0 Å². The summed E-state index contributed by atoms with van der Waals surface area (Å²) in [5, 5.41) is 19.9. The second kappa shape index (κ2) is 25.2. The first-order valence-corrected chi connectivity index (χ1v) is 24.7. The van der Waals surface area contributed by atoms with Gasteiger partial charge in [-0.05, 0) is 86.0 Å². The number of nitrogens with zero attached hydrogens (tertiary/aromatic N) is 3. The van der Waals surface area contributed by atoms with Crippen molar-refractivity contribution in [2.24, 2.45) is 5.92 Å². The maximum atomic E-state index is 12.6. The molecule has 0 spiro atoms. The number of hydrogen-bond acceptors (Lipinski definition) is 10. The van der Waals surface area contributed by atoms with Crippen LogP contribution in [0.5, 0.6) is 0 Å². The molecule has 17 heteroatoms. The summed E-state index contributed by atoms with van der Waals surface area (Å²) in [5.41, 5.74) is 6.79. The van der Waals surface area contributed by atoms with Gasteiger partial charge in [-0.25, -0.2) is 14.8 Å². The number of para-hydroxylation sites is 1. The van der Waals surface area contributed by atoms with E-state index in [1.54, 1.807) is 12.3 Å². The molecule has 68 heavy (non-hydrogen) atoms. The fourth-order valence-corrected chi connectivity index (χ4v) is 10.2. The van der Waals surface area contributed by atoms with Gasteiger partial charge in [-0.2, -0.15) is 11.8 Å². The number of benzene rings is 3. The summed E-state index contributed by atoms with van der Waals surface area (Å²) in [7, 11) is 1.96. The topological polar surface area (TPSA) is 194 Å². The maximum Gasteiger partial charge on any atom is 0.314 e. The maximum absolute atomic E-state index is 12.6. The quantitative estimate of drug-likeness (QED) is 0.0229. The van der Waals surface area contributed by atoms with Crippen molar-refractivity contribution in [2.45, 2.75) is 56.2 Å². The number of amides is 5. The van der Waals surface area contributed by atoms with E-state index in [-0.39, 0.29) is 23.8 Å². The first-order chi connectivity index (χ1) is 33.1. The van der Waals surface area contributed by atoms with Crippen molar-refractivity contribution in [3.63, 3.8) is 0 Å². The van der Waals surface area contributed by atoms with Crippen molar-refractivity contribution >= 4 is 75.1 Å². The Morgan fingerprint density at radius 1 is 0.956 bits per heavy atom. The Morgan fingerprint density at radius 3 is 2.62 bits per heavy atom. The molecule has 3 unspecified atom stereocenters. The van der Waals surface area contributed by atoms with Crippen LogP contribution in [0, 0.1) is 5.92 Å². The monoisotopic (exact) mass is 960 g/mol. The molecule has 358 valence electrons. The molecule has 0 bridgehead atoms. The average Bonchev–Trinajstić information content (AvgIpc) is 4.04. The molecule has 3 aromatic carbocycles. The lowest BCUT2D eigenvalue weighted by atomic mass is 9.97. The van der Waals surface area contributed by atoms with Crippen LogP contribution in [0.1, 0.15) is 55.5 Å². The van der Waals surface area contributed by atoms with Crippen LogP contribution in [0.4, 0.5) is 16.2 Å². The molecule has 0 aliphatic carbocycles. The predicted octanol–water partition coefficient (Wildman–Crippen LogP) is 7.38. The molecular formula is C51H61ClN10O5S. The van der Waals surface area contributed by atoms with E-state index >= 15 is 0 Å². The lowest BCUT2D eigenvalue weighted by Crippen LogP contribution is -2.38. The zero-order valence-corrected chi connectivity index (χ0v) is 40.0. The summed E-state index contributed by atoms with van der Waals surface area (Å²) in [5.74, 6) is 2.14. The summed E-state index contributed by atoms with van der Waals surface area (Å²) >= 11 is 8.51. The molecule has 0 saturated carbocycles. The molecule has 2 aliphatic heterocycles. The summed E-state index contributed by atoms with van der Waals surface area (Å²) in [6.07, 6.45) is 12.1. The fourth-order valence-electron chi connectivity index (χ4n) is 8.34. The number of unbranched alkanes of at least 4 members (excludes halogenated alkanes) is 1. The Balaban J connectivity index is 0.703. The van der Waals surface area contributed by atoms with E-state index in [9.17, 15) is 19.2 Å². The highest BCUT2D eigenvalue weighted by atomic mass is 35.5. The number of carbonyl (C=O) groups is 4. The predicted molar refractivity (Wildman–Crippen MR) is 273 cm³/mol. The highest BCUT2D eigenvalue weighted by molar-refractivity contribution is 8.00. The Hall–Kier alpha value is -6.20. The number of nitrogens with one attached hydrogen (secondary N) is 7. The Labute approximate surface area is 407 Å². The van der Waals surface area contributed by atoms with Gasteiger partial charge in [0.1, 0.15) is 5.82 Å². The van der Waals surface area contributed by atoms with Crippen LogP contribution in [0.3, 0.4) is 0 Å². The van der Waals surface area contributed by atoms with Gasteiger partial charge < -0.3 is 46.5 Å². The molecule has 0 radical (unpaired) electrons. The summed E-state index contributed by atoms with van der Waals surface area (Å²) in [4.78, 5) is 63.3. The van der Waals surface area contributed by atoms with Gasteiger partial charge in [0, 0.05) is 109 Å². The largest absolute Gasteiger partial charge is 0.378 e. The van der Waals surface area contributed by atoms with Crippen LogP contribution in [0.25, 0.3) is 27.9 Å². The minimum absolute atomic E-state index is 0.0138. The number of fused-ring (bicyclic) bond motifs is 2. The summed E-state index contributed by atoms with van der Waals surface area (Å²) in [6, 6.07) is 23.6. The van der Waals surface area contributed by atoms with E-state index in [0.717, 1.165) is 71.3 Å². The standard InChI is InChI=1S/C51H61ClN10O5S/c1-34(58-39-11-7-10-35(28-39)29-45-57-32-42(52)50(60-45)41-31-56-43-13-4-3-12-40(41)43)36-17-19-38(20-18-36)59-47(64)16-8-24-62(2)25-9-21-54-51(66)55-23-27-67-26-22-53-46(63)15-6-5-14-44-49-37(33-68-44)30-48(65)61-49/h3-4,7-8,10-13,16-20,28,31-32,37,44,49,56,58H,1,5-6,9,14-15,21-27,29-30,33H2,2H3,(H,53,63)(H,59,64)(H,61,65)(H2,54,55,66)/b16-8+. The molecule has 7 rings (SSSR count). The van der Waals surface area contributed by atoms with Crippen molar-refractivity contribution in [3.8, 4) is 11.3 Å². The van der Waals surface area contributed by atoms with Gasteiger partial charge in [-0.1, -0.05) is 73.1 Å². The number of aromatic amines is 1. The highest BCUT2D eigenvalue weighted by Gasteiger charge is 2.42. The van der Waals surface area contributed by atoms with Crippen LogP contribution >= 0.6 is 23.4 Å². The van der Waals surface area contributed by atoms with Gasteiger partial charge >= 0.3 is 6.03 Å². The van der Waals surface area contributed by atoms with Gasteiger partial charge in [-0.15, -0.1) is 0 Å². The number of halogens is 1. The molecule has 3 atom stereocenters. The number of H-pyrrole nitrogens is 1. The van der Waals surface area contributed by atoms with Crippen molar-refractivity contribution in [2.75, 3.05) is 69.4 Å². The normalized spacial score (nSPS) is 16.5. The molecule has 2 fully saturated rings. The SMILES string of the molecule is C=C(Nc1cccc(Cc2ncc(Cl)c(-c3c[nH]c4ccccc34)n2)c1)c1ccc(NC(=O)/C=C/CN(C)CCCNC(=O)NCCOCCNC(=O)CCCCC2SCC3CC(=O)NC32)cc1. The zero-order chi connectivity index (χ0) is 47.7. The Morgan fingerprint density at radius 2 is 1.76 bits per heavy atom. The fraction of sp³-hybridized carbons (Fsp3) is 0.373. The van der Waals surface area contributed by atoms with E-state index in [4.69, 9.17) is 21.3 Å².